The molecule has 0 radical (unpaired) electrons. The number of nitrogens with two attached hydrogens (primary N) is 1. The van der Waals surface area contributed by atoms with Crippen LogP contribution in [-0.4, -0.2) is 7.11 Å². The van der Waals surface area contributed by atoms with Gasteiger partial charge in [0.05, 0.1) is 19.6 Å². The molecule has 0 saturated carbocycles. The topological polar surface area (TPSA) is 48.4 Å². The van der Waals surface area contributed by atoms with Crippen molar-refractivity contribution >= 4 is 15.9 Å². The third kappa shape index (κ3) is 2.90. The van der Waals surface area contributed by atoms with E-state index in [9.17, 15) is 0 Å². The van der Waals surface area contributed by atoms with Crippen molar-refractivity contribution in [1.82, 2.24) is 0 Å². The molecule has 0 bridgehead atoms. The second kappa shape index (κ2) is 5.38. The average molecular weight is 296 g/mol. The first kappa shape index (κ1) is 12.2. The summed E-state index contributed by atoms with van der Waals surface area (Å²) in [5, 5.41) is 0. The fourth-order valence-corrected chi connectivity index (χ4v) is 2.10. The molecule has 4 heteroatoms. The number of halogens is 1. The number of rotatable bonds is 4. The van der Waals surface area contributed by atoms with Gasteiger partial charge in [-0.15, -0.1) is 0 Å². The molecule has 0 amide bonds. The highest BCUT2D eigenvalue weighted by molar-refractivity contribution is 9.10. The molecule has 0 aliphatic rings. The standard InChI is InChI=1S/C13H14BrNO2/c1-16-13-7-10(14)2-3-11(13)12(15)6-9-4-5-17-8-9/h2-5,7-8,12H,6,15H2,1H3. The van der Waals surface area contributed by atoms with Crippen molar-refractivity contribution in [2.75, 3.05) is 7.11 Å². The van der Waals surface area contributed by atoms with E-state index < -0.39 is 0 Å². The van der Waals surface area contributed by atoms with Crippen LogP contribution in [0.4, 0.5) is 0 Å². The maximum Gasteiger partial charge on any atom is 0.124 e. The molecule has 2 rings (SSSR count). The quantitative estimate of drug-likeness (QED) is 0.941. The van der Waals surface area contributed by atoms with Gasteiger partial charge in [0.2, 0.25) is 0 Å². The Balaban J connectivity index is 2.21. The van der Waals surface area contributed by atoms with E-state index in [1.54, 1.807) is 19.6 Å². The molecule has 1 aromatic heterocycles. The van der Waals surface area contributed by atoms with Gasteiger partial charge in [-0.25, -0.2) is 0 Å². The largest absolute Gasteiger partial charge is 0.496 e. The van der Waals surface area contributed by atoms with E-state index in [2.05, 4.69) is 15.9 Å². The van der Waals surface area contributed by atoms with E-state index in [0.717, 1.165) is 27.8 Å². The molecule has 3 nitrogen and oxygen atoms in total. The summed E-state index contributed by atoms with van der Waals surface area (Å²) < 4.78 is 11.3. The lowest BCUT2D eigenvalue weighted by atomic mass is 10.0. The monoisotopic (exact) mass is 295 g/mol. The maximum atomic E-state index is 6.18. The molecule has 0 fully saturated rings. The zero-order valence-electron chi connectivity index (χ0n) is 9.52. The van der Waals surface area contributed by atoms with Gasteiger partial charge in [-0.2, -0.15) is 0 Å². The Morgan fingerprint density at radius 2 is 2.24 bits per heavy atom. The first-order chi connectivity index (χ1) is 8.20. The summed E-state index contributed by atoms with van der Waals surface area (Å²) in [7, 11) is 1.65. The van der Waals surface area contributed by atoms with Crippen molar-refractivity contribution in [3.05, 3.63) is 52.4 Å². The van der Waals surface area contributed by atoms with Crippen LogP contribution in [0.5, 0.6) is 5.75 Å². The number of benzene rings is 1. The van der Waals surface area contributed by atoms with Crippen LogP contribution in [0, 0.1) is 0 Å². The molecule has 90 valence electrons. The number of furan rings is 1. The fourth-order valence-electron chi connectivity index (χ4n) is 1.76. The SMILES string of the molecule is COc1cc(Br)ccc1C(N)Cc1ccoc1. The average Bonchev–Trinajstić information content (AvgIpc) is 2.81. The minimum Gasteiger partial charge on any atom is -0.496 e. The molecule has 17 heavy (non-hydrogen) atoms. The molecular weight excluding hydrogens is 282 g/mol. The van der Waals surface area contributed by atoms with Crippen LogP contribution in [-0.2, 0) is 6.42 Å². The molecular formula is C13H14BrNO2. The van der Waals surface area contributed by atoms with Crippen molar-refractivity contribution in [3.63, 3.8) is 0 Å². The Kier molecular flexibility index (Phi) is 3.86. The van der Waals surface area contributed by atoms with Crippen LogP contribution in [0.25, 0.3) is 0 Å². The van der Waals surface area contributed by atoms with Gasteiger partial charge >= 0.3 is 0 Å². The van der Waals surface area contributed by atoms with Crippen molar-refractivity contribution in [1.29, 1.82) is 0 Å². The Morgan fingerprint density at radius 1 is 1.41 bits per heavy atom. The van der Waals surface area contributed by atoms with Crippen LogP contribution in [0.15, 0.2) is 45.7 Å². The highest BCUT2D eigenvalue weighted by atomic mass is 79.9. The van der Waals surface area contributed by atoms with E-state index in [-0.39, 0.29) is 6.04 Å². The van der Waals surface area contributed by atoms with Crippen molar-refractivity contribution < 1.29 is 9.15 Å². The Labute approximate surface area is 109 Å². The minimum absolute atomic E-state index is 0.101. The first-order valence-electron chi connectivity index (χ1n) is 5.31. The van der Waals surface area contributed by atoms with Crippen molar-refractivity contribution in [2.24, 2.45) is 5.73 Å². The Bertz CT molecular complexity index is 482. The Morgan fingerprint density at radius 3 is 2.88 bits per heavy atom. The number of methoxy groups -OCH3 is 1. The summed E-state index contributed by atoms with van der Waals surface area (Å²) in [5.74, 6) is 0.801. The maximum absolute atomic E-state index is 6.18. The van der Waals surface area contributed by atoms with Gasteiger partial charge in [0.15, 0.2) is 0 Å². The van der Waals surface area contributed by atoms with Gasteiger partial charge in [0.1, 0.15) is 5.75 Å². The summed E-state index contributed by atoms with van der Waals surface area (Å²) in [6, 6.07) is 7.69. The molecule has 2 N–H and O–H groups in total. The van der Waals surface area contributed by atoms with Crippen LogP contribution >= 0.6 is 15.9 Å². The molecule has 2 aromatic rings. The highest BCUT2D eigenvalue weighted by Crippen LogP contribution is 2.29. The molecule has 1 atom stereocenters. The van der Waals surface area contributed by atoms with Crippen molar-refractivity contribution in [3.8, 4) is 5.75 Å². The predicted molar refractivity (Wildman–Crippen MR) is 70.0 cm³/mol. The van der Waals surface area contributed by atoms with Gasteiger partial charge in [0, 0.05) is 16.1 Å². The van der Waals surface area contributed by atoms with Crippen LogP contribution in [0.3, 0.4) is 0 Å². The number of ether oxygens (including phenoxy) is 1. The minimum atomic E-state index is -0.101. The van der Waals surface area contributed by atoms with Crippen LogP contribution in [0.2, 0.25) is 0 Å². The second-order valence-corrected chi connectivity index (χ2v) is 4.74. The summed E-state index contributed by atoms with van der Waals surface area (Å²) in [4.78, 5) is 0. The predicted octanol–water partition coefficient (Wildman–Crippen LogP) is 3.29. The van der Waals surface area contributed by atoms with E-state index in [1.807, 2.05) is 24.3 Å². The normalized spacial score (nSPS) is 12.4. The molecule has 0 saturated heterocycles. The summed E-state index contributed by atoms with van der Waals surface area (Å²) in [6.45, 7) is 0. The van der Waals surface area contributed by atoms with E-state index in [1.165, 1.54) is 0 Å². The highest BCUT2D eigenvalue weighted by Gasteiger charge is 2.13. The lowest BCUT2D eigenvalue weighted by Gasteiger charge is -2.15. The molecule has 1 aromatic carbocycles. The van der Waals surface area contributed by atoms with Gasteiger partial charge in [-0.05, 0) is 30.2 Å². The lowest BCUT2D eigenvalue weighted by Crippen LogP contribution is -2.14. The fraction of sp³-hybridized carbons (Fsp3) is 0.231. The summed E-state index contributed by atoms with van der Waals surface area (Å²) >= 11 is 3.41. The number of hydrogen-bond donors (Lipinski definition) is 1. The lowest BCUT2D eigenvalue weighted by molar-refractivity contribution is 0.405. The first-order valence-corrected chi connectivity index (χ1v) is 6.10. The second-order valence-electron chi connectivity index (χ2n) is 3.83. The molecule has 0 spiro atoms. The zero-order chi connectivity index (χ0) is 12.3. The van der Waals surface area contributed by atoms with Gasteiger partial charge < -0.3 is 14.9 Å². The third-order valence-electron chi connectivity index (χ3n) is 2.63. The van der Waals surface area contributed by atoms with Crippen LogP contribution < -0.4 is 10.5 Å². The zero-order valence-corrected chi connectivity index (χ0v) is 11.1. The smallest absolute Gasteiger partial charge is 0.124 e. The summed E-state index contributed by atoms with van der Waals surface area (Å²) in [6.07, 6.45) is 4.10. The van der Waals surface area contributed by atoms with E-state index in [0.29, 0.717) is 0 Å². The van der Waals surface area contributed by atoms with E-state index >= 15 is 0 Å². The molecule has 1 unspecified atom stereocenters. The molecule has 0 aliphatic carbocycles. The van der Waals surface area contributed by atoms with Gasteiger partial charge in [0.25, 0.3) is 0 Å². The van der Waals surface area contributed by atoms with Crippen LogP contribution in [0.1, 0.15) is 17.2 Å². The number of hydrogen-bond acceptors (Lipinski definition) is 3. The molecule has 0 aliphatic heterocycles. The Hall–Kier alpha value is -1.26. The molecule has 1 heterocycles. The van der Waals surface area contributed by atoms with Crippen molar-refractivity contribution in [2.45, 2.75) is 12.5 Å². The van der Waals surface area contributed by atoms with Gasteiger partial charge in [-0.3, -0.25) is 0 Å². The third-order valence-corrected chi connectivity index (χ3v) is 3.12. The van der Waals surface area contributed by atoms with E-state index in [4.69, 9.17) is 14.9 Å². The summed E-state index contributed by atoms with van der Waals surface area (Å²) in [5.41, 5.74) is 8.26. The van der Waals surface area contributed by atoms with Gasteiger partial charge in [-0.1, -0.05) is 22.0 Å².